The van der Waals surface area contributed by atoms with E-state index in [1.54, 1.807) is 13.8 Å². The van der Waals surface area contributed by atoms with Crippen molar-refractivity contribution >= 4 is 30.4 Å². The second kappa shape index (κ2) is 9.07. The normalized spacial score (nSPS) is 12.2. The molecule has 13 heteroatoms. The summed E-state index contributed by atoms with van der Waals surface area (Å²) in [4.78, 5) is 15.5. The minimum absolute atomic E-state index is 0.0385. The van der Waals surface area contributed by atoms with E-state index in [1.165, 1.54) is 17.7 Å². The van der Waals surface area contributed by atoms with Crippen LogP contribution in [0, 0.1) is 0 Å². The smallest absolute Gasteiger partial charge is 0.417 e. The van der Waals surface area contributed by atoms with E-state index in [0.29, 0.717) is 0 Å². The Kier molecular flexibility index (Phi) is 7.17. The first-order chi connectivity index (χ1) is 13.9. The van der Waals surface area contributed by atoms with E-state index >= 15 is 0 Å². The van der Waals surface area contributed by atoms with E-state index in [9.17, 15) is 22.5 Å². The summed E-state index contributed by atoms with van der Waals surface area (Å²) in [5.74, 6) is -1.65. The van der Waals surface area contributed by atoms with Crippen molar-refractivity contribution in [3.63, 3.8) is 0 Å². The number of rotatable bonds is 8. The van der Waals surface area contributed by atoms with Gasteiger partial charge < -0.3 is 29.8 Å². The summed E-state index contributed by atoms with van der Waals surface area (Å²) in [5, 5.41) is -0.246. The number of ether oxygens (including phenoxy) is 1. The molecule has 0 radical (unpaired) electrons. The number of nitrogens with two attached hydrogens (primary N) is 2. The molecule has 1 aromatic heterocycles. The summed E-state index contributed by atoms with van der Waals surface area (Å²) in [7, 11) is -2.27. The number of benzene rings is 1. The summed E-state index contributed by atoms with van der Waals surface area (Å²) < 4.78 is 70.1. The van der Waals surface area contributed by atoms with E-state index in [4.69, 9.17) is 25.3 Å². The highest BCUT2D eigenvalue weighted by molar-refractivity contribution is 7.53. The average molecular weight is 450 g/mol. The Morgan fingerprint density at radius 1 is 1.17 bits per heavy atom. The van der Waals surface area contributed by atoms with Crippen LogP contribution in [0.15, 0.2) is 23.2 Å². The number of carbonyl (C=O) groups excluding carboxylic acids is 1. The fourth-order valence-corrected chi connectivity index (χ4v) is 4.08. The maximum absolute atomic E-state index is 13.6. The van der Waals surface area contributed by atoms with Crippen molar-refractivity contribution in [1.82, 2.24) is 4.57 Å². The molecule has 0 aliphatic rings. The summed E-state index contributed by atoms with van der Waals surface area (Å²) in [6.45, 7) is 3.33. The standard InChI is InChI=1S/C17H22F3N4O5P/c1-4-28-30(26,29-5-2)9-27-10-6-12(17(18,19)20)11-8-14(15(25)23-16(21)22)24(3)13(11)7-10/h6-8H,4-5,9H2,1-3H3,(H4,21,22,23,25). The van der Waals surface area contributed by atoms with Crippen LogP contribution in [0.4, 0.5) is 13.2 Å². The highest BCUT2D eigenvalue weighted by Crippen LogP contribution is 2.48. The average Bonchev–Trinajstić information content (AvgIpc) is 2.95. The van der Waals surface area contributed by atoms with Gasteiger partial charge in [0.25, 0.3) is 5.91 Å². The predicted octanol–water partition coefficient (Wildman–Crippen LogP) is 3.21. The molecule has 9 nitrogen and oxygen atoms in total. The lowest BCUT2D eigenvalue weighted by atomic mass is 10.1. The van der Waals surface area contributed by atoms with Gasteiger partial charge in [0.1, 0.15) is 11.4 Å². The van der Waals surface area contributed by atoms with Crippen LogP contribution in [0.5, 0.6) is 5.75 Å². The molecule has 0 fully saturated rings. The molecule has 0 aliphatic carbocycles. The number of guanidine groups is 1. The topological polar surface area (TPSA) is 131 Å². The van der Waals surface area contributed by atoms with Gasteiger partial charge in [0.05, 0.1) is 24.3 Å². The van der Waals surface area contributed by atoms with Crippen molar-refractivity contribution in [1.29, 1.82) is 0 Å². The third-order valence-corrected chi connectivity index (χ3v) is 5.68. The van der Waals surface area contributed by atoms with Crippen molar-refractivity contribution in [2.45, 2.75) is 20.0 Å². The van der Waals surface area contributed by atoms with Crippen molar-refractivity contribution < 1.29 is 36.3 Å². The van der Waals surface area contributed by atoms with Crippen LogP contribution < -0.4 is 16.2 Å². The maximum atomic E-state index is 13.6. The molecule has 1 amide bonds. The molecule has 0 atom stereocenters. The van der Waals surface area contributed by atoms with Gasteiger partial charge in [0, 0.05) is 18.5 Å². The number of nitrogens with zero attached hydrogens (tertiary/aromatic N) is 2. The summed E-state index contributed by atoms with van der Waals surface area (Å²) >= 11 is 0. The Hall–Kier alpha value is -2.56. The first-order valence-electron chi connectivity index (χ1n) is 8.77. The van der Waals surface area contributed by atoms with E-state index in [-0.39, 0.29) is 35.6 Å². The fraction of sp³-hybridized carbons (Fsp3) is 0.412. The molecule has 0 saturated heterocycles. The molecule has 2 aromatic rings. The van der Waals surface area contributed by atoms with Gasteiger partial charge in [-0.05, 0) is 26.0 Å². The number of aliphatic imine (C=N–C) groups is 1. The second-order valence-electron chi connectivity index (χ2n) is 6.05. The molecule has 1 heterocycles. The van der Waals surface area contributed by atoms with Gasteiger partial charge in [-0.1, -0.05) is 0 Å². The fourth-order valence-electron chi connectivity index (χ4n) is 2.76. The zero-order chi connectivity index (χ0) is 22.7. The molecule has 0 bridgehead atoms. The first kappa shape index (κ1) is 23.7. The van der Waals surface area contributed by atoms with Gasteiger partial charge in [0.15, 0.2) is 12.3 Å². The van der Waals surface area contributed by atoms with Crippen LogP contribution >= 0.6 is 7.60 Å². The van der Waals surface area contributed by atoms with Gasteiger partial charge in [-0.2, -0.15) is 18.2 Å². The van der Waals surface area contributed by atoms with E-state index in [2.05, 4.69) is 4.99 Å². The Balaban J connectivity index is 2.55. The number of carbonyl (C=O) groups is 1. The van der Waals surface area contributed by atoms with E-state index < -0.39 is 37.6 Å². The monoisotopic (exact) mass is 450 g/mol. The van der Waals surface area contributed by atoms with Gasteiger partial charge in [0.2, 0.25) is 0 Å². The zero-order valence-electron chi connectivity index (χ0n) is 16.5. The maximum Gasteiger partial charge on any atom is 0.417 e. The Bertz CT molecular complexity index is 1000. The Morgan fingerprint density at radius 3 is 2.27 bits per heavy atom. The highest BCUT2D eigenvalue weighted by atomic mass is 31.2. The molecule has 166 valence electrons. The Morgan fingerprint density at radius 2 is 1.77 bits per heavy atom. The summed E-state index contributed by atoms with van der Waals surface area (Å²) in [6, 6.07) is 3.07. The highest BCUT2D eigenvalue weighted by Gasteiger charge is 2.35. The quantitative estimate of drug-likeness (QED) is 0.359. The number of alkyl halides is 3. The zero-order valence-corrected chi connectivity index (χ0v) is 17.4. The number of aromatic nitrogens is 1. The molecule has 0 aliphatic heterocycles. The van der Waals surface area contributed by atoms with E-state index in [1.807, 2.05) is 0 Å². The lowest BCUT2D eigenvalue weighted by Crippen LogP contribution is -2.24. The minimum atomic E-state index is -4.75. The number of halogens is 3. The molecule has 0 saturated carbocycles. The molecule has 0 spiro atoms. The number of aryl methyl sites for hydroxylation is 1. The van der Waals surface area contributed by atoms with Crippen molar-refractivity contribution in [3.8, 4) is 5.75 Å². The largest absolute Gasteiger partial charge is 0.481 e. The SMILES string of the molecule is CCOP(=O)(COc1cc(C(F)(F)F)c2cc(C(=O)N=C(N)N)n(C)c2c1)OCC. The van der Waals surface area contributed by atoms with Crippen LogP contribution in [-0.2, 0) is 26.8 Å². The van der Waals surface area contributed by atoms with E-state index in [0.717, 1.165) is 12.1 Å². The van der Waals surface area contributed by atoms with Crippen molar-refractivity contribution in [3.05, 3.63) is 29.5 Å². The summed E-state index contributed by atoms with van der Waals surface area (Å²) in [6.07, 6.45) is -5.33. The minimum Gasteiger partial charge on any atom is -0.481 e. The van der Waals surface area contributed by atoms with Crippen molar-refractivity contribution in [2.75, 3.05) is 19.6 Å². The third kappa shape index (κ3) is 5.32. The molecule has 0 unspecified atom stereocenters. The van der Waals surface area contributed by atoms with Crippen LogP contribution in [0.3, 0.4) is 0 Å². The number of hydrogen-bond donors (Lipinski definition) is 2. The third-order valence-electron chi connectivity index (χ3n) is 3.93. The second-order valence-corrected chi connectivity index (χ2v) is 8.05. The molecule has 4 N–H and O–H groups in total. The van der Waals surface area contributed by atoms with Gasteiger partial charge >= 0.3 is 13.8 Å². The molecule has 2 rings (SSSR count). The lowest BCUT2D eigenvalue weighted by Gasteiger charge is -2.18. The van der Waals surface area contributed by atoms with Gasteiger partial charge in [-0.15, -0.1) is 0 Å². The predicted molar refractivity (Wildman–Crippen MR) is 104 cm³/mol. The lowest BCUT2D eigenvalue weighted by molar-refractivity contribution is -0.136. The summed E-state index contributed by atoms with van der Waals surface area (Å²) in [5.41, 5.74) is 9.19. The molecular formula is C17H22F3N4O5P. The van der Waals surface area contributed by atoms with Gasteiger partial charge in [-0.25, -0.2) is 0 Å². The Labute approximate surface area is 170 Å². The molecule has 1 aromatic carbocycles. The first-order valence-corrected chi connectivity index (χ1v) is 10.5. The molecule has 30 heavy (non-hydrogen) atoms. The van der Waals surface area contributed by atoms with Crippen molar-refractivity contribution in [2.24, 2.45) is 23.5 Å². The van der Waals surface area contributed by atoms with Crippen LogP contribution in [0.2, 0.25) is 0 Å². The van der Waals surface area contributed by atoms with Crippen LogP contribution in [0.1, 0.15) is 29.9 Å². The van der Waals surface area contributed by atoms with Crippen LogP contribution in [0.25, 0.3) is 10.9 Å². The number of amides is 1. The number of fused-ring (bicyclic) bond motifs is 1. The van der Waals surface area contributed by atoms with Gasteiger partial charge in [-0.3, -0.25) is 9.36 Å². The molecular weight excluding hydrogens is 428 g/mol. The number of hydrogen-bond acceptors (Lipinski definition) is 5. The van der Waals surface area contributed by atoms with Crippen LogP contribution in [-0.4, -0.2) is 36.0 Å².